The number of hydrogen-bond donors (Lipinski definition) is 3. The number of aromatic amines is 1. The number of anilines is 1. The first-order valence-electron chi connectivity index (χ1n) is 5.07. The van der Waals surface area contributed by atoms with E-state index in [2.05, 4.69) is 10.3 Å². The summed E-state index contributed by atoms with van der Waals surface area (Å²) in [6.07, 6.45) is 3.20. The molecule has 1 amide bonds. The Morgan fingerprint density at radius 1 is 1.35 bits per heavy atom. The highest BCUT2D eigenvalue weighted by Gasteiger charge is 2.01. The van der Waals surface area contributed by atoms with Crippen LogP contribution in [0.2, 0.25) is 0 Å². The molecule has 1 aromatic carbocycles. The Kier molecular flexibility index (Phi) is 3.06. The van der Waals surface area contributed by atoms with Gasteiger partial charge in [0.1, 0.15) is 0 Å². The van der Waals surface area contributed by atoms with Crippen LogP contribution >= 0.6 is 0 Å². The van der Waals surface area contributed by atoms with Gasteiger partial charge in [0, 0.05) is 18.1 Å². The van der Waals surface area contributed by atoms with Crippen molar-refractivity contribution in [1.82, 2.24) is 9.55 Å². The Hall–Kier alpha value is -2.34. The molecule has 0 spiro atoms. The number of nitrogens with two attached hydrogens (primary N) is 1. The lowest BCUT2D eigenvalue weighted by Gasteiger charge is -2.05. The van der Waals surface area contributed by atoms with Gasteiger partial charge in [0.15, 0.2) is 0 Å². The van der Waals surface area contributed by atoms with Crippen molar-refractivity contribution in [3.05, 3.63) is 47.1 Å². The van der Waals surface area contributed by atoms with Crippen LogP contribution in [0.15, 0.2) is 41.5 Å². The molecular formula is C11H12N4O2. The summed E-state index contributed by atoms with van der Waals surface area (Å²) in [7, 11) is 0. The van der Waals surface area contributed by atoms with Crippen molar-refractivity contribution in [2.24, 2.45) is 5.73 Å². The number of carbonyl (C=O) groups is 1. The number of nitrogens with zero attached hydrogens (tertiary/aromatic N) is 1. The molecule has 6 nitrogen and oxygen atoms in total. The van der Waals surface area contributed by atoms with Crippen molar-refractivity contribution in [3.63, 3.8) is 0 Å². The second-order valence-corrected chi connectivity index (χ2v) is 3.43. The Morgan fingerprint density at radius 2 is 2.06 bits per heavy atom. The third kappa shape index (κ3) is 2.43. The van der Waals surface area contributed by atoms with Gasteiger partial charge in [0.2, 0.25) is 5.91 Å². The molecule has 6 heteroatoms. The second kappa shape index (κ2) is 4.67. The smallest absolute Gasteiger partial charge is 0.325 e. The van der Waals surface area contributed by atoms with Crippen molar-refractivity contribution in [3.8, 4) is 5.69 Å². The summed E-state index contributed by atoms with van der Waals surface area (Å²) in [6.45, 7) is -0.0565. The van der Waals surface area contributed by atoms with Crippen LogP contribution in [0.3, 0.4) is 0 Å². The lowest BCUT2D eigenvalue weighted by atomic mass is 10.2. The molecule has 0 fully saturated rings. The number of imidazole rings is 1. The lowest BCUT2D eigenvalue weighted by Crippen LogP contribution is -2.21. The van der Waals surface area contributed by atoms with Crippen LogP contribution < -0.4 is 16.7 Å². The fourth-order valence-electron chi connectivity index (χ4n) is 1.44. The number of aromatic nitrogens is 2. The lowest BCUT2D eigenvalue weighted by molar-refractivity contribution is -0.114. The Morgan fingerprint density at radius 3 is 2.59 bits per heavy atom. The van der Waals surface area contributed by atoms with Crippen LogP contribution in [-0.2, 0) is 4.79 Å². The molecule has 0 saturated heterocycles. The fourth-order valence-corrected chi connectivity index (χ4v) is 1.44. The molecule has 0 aliphatic heterocycles. The quantitative estimate of drug-likeness (QED) is 0.698. The molecule has 0 atom stereocenters. The van der Waals surface area contributed by atoms with Crippen LogP contribution in [0.1, 0.15) is 0 Å². The van der Waals surface area contributed by atoms with Gasteiger partial charge in [-0.3, -0.25) is 9.36 Å². The van der Waals surface area contributed by atoms with E-state index in [0.29, 0.717) is 5.69 Å². The first-order chi connectivity index (χ1) is 8.20. The number of hydrogen-bond acceptors (Lipinski definition) is 3. The third-order valence-electron chi connectivity index (χ3n) is 2.26. The Balaban J connectivity index is 2.22. The summed E-state index contributed by atoms with van der Waals surface area (Å²) in [5, 5.41) is 2.62. The van der Waals surface area contributed by atoms with E-state index < -0.39 is 0 Å². The molecule has 88 valence electrons. The summed E-state index contributed by atoms with van der Waals surface area (Å²) in [5.74, 6) is -0.253. The van der Waals surface area contributed by atoms with E-state index in [4.69, 9.17) is 5.73 Å². The van der Waals surface area contributed by atoms with Gasteiger partial charge >= 0.3 is 5.69 Å². The minimum atomic E-state index is -0.253. The number of benzene rings is 1. The van der Waals surface area contributed by atoms with Gasteiger partial charge < -0.3 is 16.0 Å². The van der Waals surface area contributed by atoms with Crippen LogP contribution in [-0.4, -0.2) is 22.0 Å². The number of H-pyrrole nitrogens is 1. The minimum absolute atomic E-state index is 0.0565. The Bertz CT molecular complexity index is 568. The predicted molar refractivity (Wildman–Crippen MR) is 64.1 cm³/mol. The molecule has 0 radical (unpaired) electrons. The van der Waals surface area contributed by atoms with E-state index in [-0.39, 0.29) is 18.1 Å². The van der Waals surface area contributed by atoms with Gasteiger partial charge in [-0.1, -0.05) is 0 Å². The van der Waals surface area contributed by atoms with Gasteiger partial charge in [0.05, 0.1) is 12.2 Å². The standard InChI is InChI=1S/C11H12N4O2/c12-7-10(16)14-8-1-3-9(4-2-8)15-6-5-13-11(15)17/h1-6H,7,12H2,(H,13,17)(H,14,16). The van der Waals surface area contributed by atoms with Crippen molar-refractivity contribution in [2.75, 3.05) is 11.9 Å². The number of amides is 1. The number of carbonyl (C=O) groups excluding carboxylic acids is 1. The van der Waals surface area contributed by atoms with Crippen LogP contribution in [0.5, 0.6) is 0 Å². The molecule has 2 rings (SSSR count). The first kappa shape index (κ1) is 11.2. The SMILES string of the molecule is NCC(=O)Nc1ccc(-n2cc[nH]c2=O)cc1. The maximum Gasteiger partial charge on any atom is 0.330 e. The van der Waals surface area contributed by atoms with E-state index in [1.54, 1.807) is 36.7 Å². The zero-order valence-corrected chi connectivity index (χ0v) is 9.01. The van der Waals surface area contributed by atoms with Crippen molar-refractivity contribution >= 4 is 11.6 Å². The molecular weight excluding hydrogens is 220 g/mol. The van der Waals surface area contributed by atoms with E-state index in [1.807, 2.05) is 0 Å². The zero-order valence-electron chi connectivity index (χ0n) is 9.01. The highest BCUT2D eigenvalue weighted by atomic mass is 16.2. The summed E-state index contributed by atoms with van der Waals surface area (Å²) < 4.78 is 1.47. The Labute approximate surface area is 97.1 Å². The summed E-state index contributed by atoms with van der Waals surface area (Å²) in [6, 6.07) is 6.90. The normalized spacial score (nSPS) is 10.2. The zero-order chi connectivity index (χ0) is 12.3. The van der Waals surface area contributed by atoms with E-state index in [0.717, 1.165) is 5.69 Å². The monoisotopic (exact) mass is 232 g/mol. The average molecular weight is 232 g/mol. The minimum Gasteiger partial charge on any atom is -0.325 e. The van der Waals surface area contributed by atoms with Crippen LogP contribution in [0, 0.1) is 0 Å². The topological polar surface area (TPSA) is 92.9 Å². The molecule has 2 aromatic rings. The summed E-state index contributed by atoms with van der Waals surface area (Å²) >= 11 is 0. The van der Waals surface area contributed by atoms with Crippen LogP contribution in [0.25, 0.3) is 5.69 Å². The summed E-state index contributed by atoms with van der Waals surface area (Å²) in [5.41, 5.74) is 6.35. The van der Waals surface area contributed by atoms with Crippen molar-refractivity contribution < 1.29 is 4.79 Å². The molecule has 1 heterocycles. The third-order valence-corrected chi connectivity index (χ3v) is 2.26. The highest BCUT2D eigenvalue weighted by molar-refractivity contribution is 5.92. The maximum absolute atomic E-state index is 11.3. The van der Waals surface area contributed by atoms with Gasteiger partial charge in [-0.2, -0.15) is 0 Å². The van der Waals surface area contributed by atoms with E-state index in [1.165, 1.54) is 4.57 Å². The molecule has 17 heavy (non-hydrogen) atoms. The van der Waals surface area contributed by atoms with Gasteiger partial charge in [0.25, 0.3) is 0 Å². The summed E-state index contributed by atoms with van der Waals surface area (Å²) in [4.78, 5) is 24.9. The van der Waals surface area contributed by atoms with E-state index >= 15 is 0 Å². The molecule has 0 aliphatic rings. The molecule has 0 saturated carbocycles. The molecule has 4 N–H and O–H groups in total. The molecule has 0 aliphatic carbocycles. The van der Waals surface area contributed by atoms with Gasteiger partial charge in [-0.25, -0.2) is 4.79 Å². The molecule has 0 bridgehead atoms. The molecule has 1 aromatic heterocycles. The first-order valence-corrected chi connectivity index (χ1v) is 5.07. The maximum atomic E-state index is 11.3. The van der Waals surface area contributed by atoms with Gasteiger partial charge in [-0.05, 0) is 24.3 Å². The number of rotatable bonds is 3. The second-order valence-electron chi connectivity index (χ2n) is 3.43. The fraction of sp³-hybridized carbons (Fsp3) is 0.0909. The number of nitrogens with one attached hydrogen (secondary N) is 2. The van der Waals surface area contributed by atoms with Crippen molar-refractivity contribution in [1.29, 1.82) is 0 Å². The van der Waals surface area contributed by atoms with Gasteiger partial charge in [-0.15, -0.1) is 0 Å². The molecule has 0 unspecified atom stereocenters. The highest BCUT2D eigenvalue weighted by Crippen LogP contribution is 2.11. The van der Waals surface area contributed by atoms with Crippen LogP contribution in [0.4, 0.5) is 5.69 Å². The average Bonchev–Trinajstić information content (AvgIpc) is 2.76. The predicted octanol–water partition coefficient (Wildman–Crippen LogP) is 0.0628. The van der Waals surface area contributed by atoms with E-state index in [9.17, 15) is 9.59 Å². The largest absolute Gasteiger partial charge is 0.330 e. The van der Waals surface area contributed by atoms with Crippen molar-refractivity contribution in [2.45, 2.75) is 0 Å².